The Morgan fingerprint density at radius 1 is 1.44 bits per heavy atom. The number of rotatable bonds is 2. The predicted octanol–water partition coefficient (Wildman–Crippen LogP) is -0.117. The monoisotopic (exact) mass is 243 g/mol. The molecule has 0 saturated carbocycles. The van der Waals surface area contributed by atoms with E-state index < -0.39 is 5.91 Å². The van der Waals surface area contributed by atoms with Crippen LogP contribution in [0.4, 0.5) is 5.82 Å². The SMILES string of the molecule is CCC(=O)NNC(=O)c1c(N)ncnc1Cl. The van der Waals surface area contributed by atoms with Gasteiger partial charge in [-0.1, -0.05) is 18.5 Å². The number of hydrazine groups is 1. The molecule has 0 spiro atoms. The van der Waals surface area contributed by atoms with Gasteiger partial charge in [0.15, 0.2) is 0 Å². The molecular formula is C8H10ClN5O2. The average molecular weight is 244 g/mol. The van der Waals surface area contributed by atoms with Gasteiger partial charge in [-0.3, -0.25) is 20.4 Å². The first-order valence-corrected chi connectivity index (χ1v) is 4.79. The number of hydrogen-bond acceptors (Lipinski definition) is 5. The highest BCUT2D eigenvalue weighted by molar-refractivity contribution is 6.33. The number of amides is 2. The highest BCUT2D eigenvalue weighted by Crippen LogP contribution is 2.16. The van der Waals surface area contributed by atoms with Crippen molar-refractivity contribution in [3.8, 4) is 0 Å². The van der Waals surface area contributed by atoms with Crippen LogP contribution < -0.4 is 16.6 Å². The summed E-state index contributed by atoms with van der Waals surface area (Å²) < 4.78 is 0. The van der Waals surface area contributed by atoms with Crippen LogP contribution in [0.25, 0.3) is 0 Å². The molecule has 2 amide bonds. The number of hydrogen-bond donors (Lipinski definition) is 3. The van der Waals surface area contributed by atoms with Gasteiger partial charge in [0, 0.05) is 6.42 Å². The molecule has 1 aromatic rings. The number of nitrogens with two attached hydrogens (primary N) is 1. The standard InChI is InChI=1S/C8H10ClN5O2/c1-2-4(15)13-14-8(16)5-6(9)11-3-12-7(5)10/h3H,2H2,1H3,(H,13,15)(H,14,16)(H2,10,11,12). The van der Waals surface area contributed by atoms with Gasteiger partial charge in [0.2, 0.25) is 5.91 Å². The van der Waals surface area contributed by atoms with Crippen molar-refractivity contribution < 1.29 is 9.59 Å². The van der Waals surface area contributed by atoms with E-state index in [4.69, 9.17) is 17.3 Å². The molecule has 0 radical (unpaired) electrons. The lowest BCUT2D eigenvalue weighted by atomic mass is 10.3. The van der Waals surface area contributed by atoms with Crippen molar-refractivity contribution >= 4 is 29.2 Å². The third kappa shape index (κ3) is 2.80. The zero-order valence-electron chi connectivity index (χ0n) is 8.45. The van der Waals surface area contributed by atoms with Gasteiger partial charge in [-0.15, -0.1) is 0 Å². The number of halogens is 1. The van der Waals surface area contributed by atoms with Gasteiger partial charge in [-0.2, -0.15) is 0 Å². The van der Waals surface area contributed by atoms with E-state index in [2.05, 4.69) is 20.8 Å². The lowest BCUT2D eigenvalue weighted by Gasteiger charge is -2.08. The molecule has 86 valence electrons. The molecule has 0 atom stereocenters. The lowest BCUT2D eigenvalue weighted by molar-refractivity contribution is -0.121. The van der Waals surface area contributed by atoms with Crippen LogP contribution in [0.3, 0.4) is 0 Å². The number of nitrogens with one attached hydrogen (secondary N) is 2. The zero-order valence-corrected chi connectivity index (χ0v) is 9.21. The van der Waals surface area contributed by atoms with Crippen molar-refractivity contribution in [1.29, 1.82) is 0 Å². The summed E-state index contributed by atoms with van der Waals surface area (Å²) in [4.78, 5) is 29.7. The molecule has 0 aliphatic rings. The number of aromatic nitrogens is 2. The zero-order chi connectivity index (χ0) is 12.1. The Balaban J connectivity index is 2.77. The molecule has 1 heterocycles. The summed E-state index contributed by atoms with van der Waals surface area (Å²) >= 11 is 5.67. The molecular weight excluding hydrogens is 234 g/mol. The van der Waals surface area contributed by atoms with E-state index in [1.165, 1.54) is 0 Å². The average Bonchev–Trinajstić information content (AvgIpc) is 2.25. The van der Waals surface area contributed by atoms with Crippen LogP contribution in [0.15, 0.2) is 6.33 Å². The summed E-state index contributed by atoms with van der Waals surface area (Å²) in [6, 6.07) is 0. The van der Waals surface area contributed by atoms with Crippen LogP contribution in [-0.2, 0) is 4.79 Å². The van der Waals surface area contributed by atoms with Crippen molar-refractivity contribution in [3.05, 3.63) is 17.0 Å². The molecule has 0 aromatic carbocycles. The van der Waals surface area contributed by atoms with E-state index in [-0.39, 0.29) is 28.9 Å². The smallest absolute Gasteiger partial charge is 0.276 e. The minimum absolute atomic E-state index is 0.0525. The van der Waals surface area contributed by atoms with Gasteiger partial charge < -0.3 is 5.73 Å². The first-order chi connectivity index (χ1) is 7.56. The Morgan fingerprint density at radius 2 is 2.12 bits per heavy atom. The summed E-state index contributed by atoms with van der Waals surface area (Å²) in [5.74, 6) is -1.05. The van der Waals surface area contributed by atoms with Gasteiger partial charge >= 0.3 is 0 Å². The fraction of sp³-hybridized carbons (Fsp3) is 0.250. The van der Waals surface area contributed by atoms with Crippen LogP contribution in [0.2, 0.25) is 5.15 Å². The Morgan fingerprint density at radius 3 is 2.69 bits per heavy atom. The van der Waals surface area contributed by atoms with Crippen LogP contribution in [0.5, 0.6) is 0 Å². The van der Waals surface area contributed by atoms with Crippen LogP contribution in [0, 0.1) is 0 Å². The third-order valence-electron chi connectivity index (χ3n) is 1.69. The van der Waals surface area contributed by atoms with Gasteiger partial charge in [0.25, 0.3) is 5.91 Å². The molecule has 4 N–H and O–H groups in total. The van der Waals surface area contributed by atoms with Gasteiger partial charge in [0.1, 0.15) is 22.9 Å². The summed E-state index contributed by atoms with van der Waals surface area (Å²) in [5.41, 5.74) is 9.71. The fourth-order valence-electron chi connectivity index (χ4n) is 0.864. The first-order valence-electron chi connectivity index (χ1n) is 4.41. The lowest BCUT2D eigenvalue weighted by Crippen LogP contribution is -2.41. The number of anilines is 1. The molecule has 0 aliphatic carbocycles. The van der Waals surface area contributed by atoms with E-state index in [9.17, 15) is 9.59 Å². The van der Waals surface area contributed by atoms with E-state index in [1.54, 1.807) is 6.92 Å². The maximum Gasteiger partial charge on any atom is 0.276 e. The second-order valence-corrected chi connectivity index (χ2v) is 3.14. The number of nitrogen functional groups attached to an aromatic ring is 1. The Bertz CT molecular complexity index is 403. The molecule has 0 fully saturated rings. The largest absolute Gasteiger partial charge is 0.383 e. The predicted molar refractivity (Wildman–Crippen MR) is 57.4 cm³/mol. The van der Waals surface area contributed by atoms with Crippen molar-refractivity contribution in [1.82, 2.24) is 20.8 Å². The quantitative estimate of drug-likeness (QED) is 0.496. The molecule has 1 rings (SSSR count). The molecule has 0 unspecified atom stereocenters. The Hall–Kier alpha value is -1.89. The first kappa shape index (κ1) is 12.2. The summed E-state index contributed by atoms with van der Waals surface area (Å²) in [5, 5.41) is -0.0734. The molecule has 16 heavy (non-hydrogen) atoms. The van der Waals surface area contributed by atoms with Crippen molar-refractivity contribution in [2.45, 2.75) is 13.3 Å². The summed E-state index contributed by atoms with van der Waals surface area (Å²) in [6.45, 7) is 1.65. The highest BCUT2D eigenvalue weighted by atomic mass is 35.5. The Labute approximate surface area is 96.4 Å². The molecule has 0 bridgehead atoms. The van der Waals surface area contributed by atoms with E-state index >= 15 is 0 Å². The molecule has 7 nitrogen and oxygen atoms in total. The van der Waals surface area contributed by atoms with Crippen molar-refractivity contribution in [2.24, 2.45) is 0 Å². The molecule has 8 heteroatoms. The Kier molecular flexibility index (Phi) is 4.01. The van der Waals surface area contributed by atoms with Gasteiger partial charge in [-0.05, 0) is 0 Å². The summed E-state index contributed by atoms with van der Waals surface area (Å²) in [6.07, 6.45) is 1.38. The third-order valence-corrected chi connectivity index (χ3v) is 1.98. The van der Waals surface area contributed by atoms with Crippen molar-refractivity contribution in [2.75, 3.05) is 5.73 Å². The van der Waals surface area contributed by atoms with E-state index in [0.29, 0.717) is 0 Å². The second-order valence-electron chi connectivity index (χ2n) is 2.78. The molecule has 1 aromatic heterocycles. The van der Waals surface area contributed by atoms with Crippen LogP contribution >= 0.6 is 11.6 Å². The fourth-order valence-corrected chi connectivity index (χ4v) is 1.09. The van der Waals surface area contributed by atoms with Gasteiger partial charge in [0.05, 0.1) is 0 Å². The van der Waals surface area contributed by atoms with Crippen molar-refractivity contribution in [3.63, 3.8) is 0 Å². The maximum atomic E-state index is 11.5. The van der Waals surface area contributed by atoms with Crippen LogP contribution in [-0.4, -0.2) is 21.8 Å². The van der Waals surface area contributed by atoms with E-state index in [1.807, 2.05) is 0 Å². The topological polar surface area (TPSA) is 110 Å². The normalized spacial score (nSPS) is 9.62. The van der Waals surface area contributed by atoms with E-state index in [0.717, 1.165) is 6.33 Å². The minimum Gasteiger partial charge on any atom is -0.383 e. The number of carbonyl (C=O) groups excluding carboxylic acids is 2. The molecule has 0 saturated heterocycles. The number of carbonyl (C=O) groups is 2. The second kappa shape index (κ2) is 5.26. The highest BCUT2D eigenvalue weighted by Gasteiger charge is 2.16. The molecule has 0 aliphatic heterocycles. The number of nitrogens with zero attached hydrogens (tertiary/aromatic N) is 2. The van der Waals surface area contributed by atoms with Gasteiger partial charge in [-0.25, -0.2) is 9.97 Å². The maximum absolute atomic E-state index is 11.5. The minimum atomic E-state index is -0.662. The summed E-state index contributed by atoms with van der Waals surface area (Å²) in [7, 11) is 0. The van der Waals surface area contributed by atoms with Crippen LogP contribution in [0.1, 0.15) is 23.7 Å².